The van der Waals surface area contributed by atoms with Gasteiger partial charge in [-0.15, -0.1) is 0 Å². The number of nitriles is 1. The maximum atomic E-state index is 8.36. The van der Waals surface area contributed by atoms with Crippen molar-refractivity contribution < 1.29 is 4.74 Å². The molecule has 0 radical (unpaired) electrons. The topological polar surface area (TPSA) is 59.0 Å². The lowest BCUT2D eigenvalue weighted by atomic mass is 10.2. The van der Waals surface area contributed by atoms with Crippen LogP contribution in [0.2, 0.25) is 0 Å². The third-order valence-corrected chi connectivity index (χ3v) is 2.17. The molecule has 3 nitrogen and oxygen atoms in total. The molecule has 0 saturated carbocycles. The number of hydrogen-bond acceptors (Lipinski definition) is 3. The van der Waals surface area contributed by atoms with Crippen LogP contribution in [0.1, 0.15) is 24.8 Å². The minimum Gasteiger partial charge on any atom is -0.491 e. The number of nitrogens with zero attached hydrogens (tertiary/aromatic N) is 1. The standard InChI is InChI=1S/C12H16N2O/c1-10-6-5-7-11(14)12(10)15-9-4-2-3-8-13/h5-7H,2-4,9,14H2,1H3. The smallest absolute Gasteiger partial charge is 0.145 e. The maximum absolute atomic E-state index is 8.36. The van der Waals surface area contributed by atoms with Gasteiger partial charge in [-0.05, 0) is 31.4 Å². The second-order valence-corrected chi connectivity index (χ2v) is 3.46. The summed E-state index contributed by atoms with van der Waals surface area (Å²) in [6.45, 7) is 2.59. The number of anilines is 1. The van der Waals surface area contributed by atoms with Gasteiger partial charge in [0.05, 0.1) is 18.4 Å². The van der Waals surface area contributed by atoms with Gasteiger partial charge in [0.25, 0.3) is 0 Å². The quantitative estimate of drug-likeness (QED) is 0.592. The van der Waals surface area contributed by atoms with Gasteiger partial charge in [0, 0.05) is 6.42 Å². The zero-order chi connectivity index (χ0) is 11.1. The van der Waals surface area contributed by atoms with Crippen molar-refractivity contribution in [3.05, 3.63) is 23.8 Å². The first-order valence-corrected chi connectivity index (χ1v) is 5.10. The van der Waals surface area contributed by atoms with E-state index in [9.17, 15) is 0 Å². The third kappa shape index (κ3) is 3.51. The van der Waals surface area contributed by atoms with E-state index < -0.39 is 0 Å². The number of ether oxygens (including phenoxy) is 1. The first-order valence-electron chi connectivity index (χ1n) is 5.10. The predicted octanol–water partition coefficient (Wildman–Crippen LogP) is 2.65. The van der Waals surface area contributed by atoms with Crippen LogP contribution in [-0.2, 0) is 0 Å². The van der Waals surface area contributed by atoms with Crippen molar-refractivity contribution in [1.82, 2.24) is 0 Å². The molecule has 15 heavy (non-hydrogen) atoms. The Hall–Kier alpha value is -1.69. The highest BCUT2D eigenvalue weighted by Crippen LogP contribution is 2.25. The van der Waals surface area contributed by atoms with Crippen LogP contribution in [0, 0.1) is 18.3 Å². The lowest BCUT2D eigenvalue weighted by Crippen LogP contribution is -2.01. The Morgan fingerprint density at radius 2 is 2.20 bits per heavy atom. The summed E-state index contributed by atoms with van der Waals surface area (Å²) in [5, 5.41) is 8.36. The average Bonchev–Trinajstić information content (AvgIpc) is 2.21. The van der Waals surface area contributed by atoms with Crippen LogP contribution >= 0.6 is 0 Å². The number of para-hydroxylation sites is 1. The van der Waals surface area contributed by atoms with Gasteiger partial charge in [-0.3, -0.25) is 0 Å². The van der Waals surface area contributed by atoms with Gasteiger partial charge in [0.15, 0.2) is 0 Å². The molecule has 0 aliphatic heterocycles. The predicted molar refractivity (Wildman–Crippen MR) is 60.6 cm³/mol. The van der Waals surface area contributed by atoms with Crippen LogP contribution in [-0.4, -0.2) is 6.61 Å². The van der Waals surface area contributed by atoms with E-state index in [1.54, 1.807) is 0 Å². The lowest BCUT2D eigenvalue weighted by molar-refractivity contribution is 0.307. The lowest BCUT2D eigenvalue weighted by Gasteiger charge is -2.10. The molecule has 0 aromatic heterocycles. The Labute approximate surface area is 90.5 Å². The summed E-state index contributed by atoms with van der Waals surface area (Å²) in [5.74, 6) is 0.773. The molecule has 0 aliphatic rings. The van der Waals surface area contributed by atoms with Crippen molar-refractivity contribution >= 4 is 5.69 Å². The van der Waals surface area contributed by atoms with E-state index >= 15 is 0 Å². The molecule has 0 atom stereocenters. The van der Waals surface area contributed by atoms with Crippen LogP contribution in [0.3, 0.4) is 0 Å². The second-order valence-electron chi connectivity index (χ2n) is 3.46. The molecule has 2 N–H and O–H groups in total. The van der Waals surface area contributed by atoms with Crippen LogP contribution in [0.4, 0.5) is 5.69 Å². The zero-order valence-corrected chi connectivity index (χ0v) is 8.99. The van der Waals surface area contributed by atoms with E-state index in [2.05, 4.69) is 6.07 Å². The van der Waals surface area contributed by atoms with Crippen LogP contribution in [0.5, 0.6) is 5.75 Å². The summed E-state index contributed by atoms with van der Waals surface area (Å²) in [7, 11) is 0. The van der Waals surface area contributed by atoms with E-state index in [0.29, 0.717) is 18.7 Å². The minimum absolute atomic E-state index is 0.590. The number of nitrogens with two attached hydrogens (primary N) is 1. The normalized spacial score (nSPS) is 9.60. The molecule has 0 saturated heterocycles. The van der Waals surface area contributed by atoms with Crippen molar-refractivity contribution in [2.45, 2.75) is 26.2 Å². The highest BCUT2D eigenvalue weighted by atomic mass is 16.5. The number of aryl methyl sites for hydroxylation is 1. The van der Waals surface area contributed by atoms with E-state index in [-0.39, 0.29) is 0 Å². The largest absolute Gasteiger partial charge is 0.491 e. The van der Waals surface area contributed by atoms with Crippen molar-refractivity contribution in [3.63, 3.8) is 0 Å². The van der Waals surface area contributed by atoms with Gasteiger partial charge < -0.3 is 10.5 Å². The molecule has 1 aromatic rings. The van der Waals surface area contributed by atoms with Gasteiger partial charge in [0.1, 0.15) is 5.75 Å². The van der Waals surface area contributed by atoms with Crippen molar-refractivity contribution in [2.24, 2.45) is 0 Å². The molecule has 0 spiro atoms. The summed E-state index contributed by atoms with van der Waals surface area (Å²) in [6, 6.07) is 7.82. The van der Waals surface area contributed by atoms with Crippen molar-refractivity contribution in [2.75, 3.05) is 12.3 Å². The molecule has 1 aromatic carbocycles. The highest BCUT2D eigenvalue weighted by Gasteiger charge is 2.02. The molecular formula is C12H16N2O. The third-order valence-electron chi connectivity index (χ3n) is 2.17. The minimum atomic E-state index is 0.590. The molecule has 0 heterocycles. The molecule has 80 valence electrons. The first-order chi connectivity index (χ1) is 7.25. The zero-order valence-electron chi connectivity index (χ0n) is 8.99. The molecular weight excluding hydrogens is 188 g/mol. The number of rotatable bonds is 5. The summed E-state index contributed by atoms with van der Waals surface area (Å²) in [6.07, 6.45) is 2.36. The molecule has 0 aliphatic carbocycles. The van der Waals surface area contributed by atoms with Gasteiger partial charge >= 0.3 is 0 Å². The summed E-state index contributed by atoms with van der Waals surface area (Å²) in [4.78, 5) is 0. The Kier molecular flexibility index (Phi) is 4.49. The number of hydrogen-bond donors (Lipinski definition) is 1. The fourth-order valence-electron chi connectivity index (χ4n) is 1.35. The van der Waals surface area contributed by atoms with Crippen molar-refractivity contribution in [3.8, 4) is 11.8 Å². The second kappa shape index (κ2) is 5.92. The van der Waals surface area contributed by atoms with Gasteiger partial charge in [-0.1, -0.05) is 12.1 Å². The van der Waals surface area contributed by atoms with E-state index in [0.717, 1.165) is 24.2 Å². The molecule has 3 heteroatoms. The molecule has 0 unspecified atom stereocenters. The van der Waals surface area contributed by atoms with E-state index in [1.807, 2.05) is 25.1 Å². The molecule has 0 amide bonds. The summed E-state index contributed by atoms with van der Waals surface area (Å²) >= 11 is 0. The maximum Gasteiger partial charge on any atom is 0.145 e. The van der Waals surface area contributed by atoms with E-state index in [4.69, 9.17) is 15.7 Å². The number of benzene rings is 1. The average molecular weight is 204 g/mol. The van der Waals surface area contributed by atoms with Gasteiger partial charge in [-0.25, -0.2) is 0 Å². The monoisotopic (exact) mass is 204 g/mol. The van der Waals surface area contributed by atoms with Crippen LogP contribution in [0.25, 0.3) is 0 Å². The first kappa shape index (κ1) is 11.4. The Bertz CT molecular complexity index is 335. The Morgan fingerprint density at radius 1 is 1.40 bits per heavy atom. The molecule has 1 rings (SSSR count). The fraction of sp³-hybridized carbons (Fsp3) is 0.417. The summed E-state index contributed by atoms with van der Waals surface area (Å²) in [5.41, 5.74) is 7.51. The number of nitrogen functional groups attached to an aromatic ring is 1. The highest BCUT2D eigenvalue weighted by molar-refractivity contribution is 5.56. The molecule has 0 bridgehead atoms. The van der Waals surface area contributed by atoms with Crippen LogP contribution < -0.4 is 10.5 Å². The van der Waals surface area contributed by atoms with Crippen molar-refractivity contribution in [1.29, 1.82) is 5.26 Å². The van der Waals surface area contributed by atoms with Gasteiger partial charge in [-0.2, -0.15) is 5.26 Å². The van der Waals surface area contributed by atoms with E-state index in [1.165, 1.54) is 0 Å². The fourth-order valence-corrected chi connectivity index (χ4v) is 1.35. The Balaban J connectivity index is 2.41. The SMILES string of the molecule is Cc1cccc(N)c1OCCCCC#N. The number of unbranched alkanes of at least 4 members (excludes halogenated alkanes) is 2. The summed E-state index contributed by atoms with van der Waals surface area (Å²) < 4.78 is 5.58. The van der Waals surface area contributed by atoms with Gasteiger partial charge in [0.2, 0.25) is 0 Å². The van der Waals surface area contributed by atoms with Crippen LogP contribution in [0.15, 0.2) is 18.2 Å². The molecule has 0 fully saturated rings. The Morgan fingerprint density at radius 3 is 2.87 bits per heavy atom.